The number of aryl methyl sites for hydroxylation is 1. The maximum Gasteiger partial charge on any atom is 1.00 e. The summed E-state index contributed by atoms with van der Waals surface area (Å²) in [6.45, 7) is 11.0. The number of hydrogen-bond donors (Lipinski definition) is 2. The normalized spacial score (nSPS) is 9.42. The first-order chi connectivity index (χ1) is 41.0. The van der Waals surface area contributed by atoms with Crippen LogP contribution in [0.2, 0.25) is 0 Å². The maximum atomic E-state index is 4.59. The Morgan fingerprint density at radius 2 is 0.622 bits per heavy atom. The first-order valence-corrected chi connectivity index (χ1v) is 34.3. The minimum atomic E-state index is -0.642. The summed E-state index contributed by atoms with van der Waals surface area (Å²) >= 11 is 14.0. The summed E-state index contributed by atoms with van der Waals surface area (Å²) < 4.78 is 4.15. The van der Waals surface area contributed by atoms with Crippen molar-refractivity contribution in [3.05, 3.63) is 289 Å². The summed E-state index contributed by atoms with van der Waals surface area (Å²) in [6.07, 6.45) is 11.1. The van der Waals surface area contributed by atoms with Crippen LogP contribution in [0.15, 0.2) is 273 Å². The molecule has 2 atom stereocenters. The Bertz CT molecular complexity index is 3040. The standard InChI is InChI=1S/C24H21NP2.C13H11BrN.C12H9Br2N.C12H10BrNP.2C6H14.4CH4.2Li/c26-23-17-9-7-15-21(23)25-22-16-8-10-18-24(22)27(19-11-3-1-4-12-19)20-13-5-2-6-14-20;1-10-6-2-4-8-12(10)15-13-9-5-3-7-11(13)14;13-9-5-1-3-7-11(9)15-12-8-4-2-6-10(12)14;13-9-5-1-2-6-10(9)14-11-7-3-4-8-12(11)15;2*1-3-5-6-4-2;;;;;;/h1-18,25H,26H2;2-9H,1H3;1-8,15H;1-8H,15H2;2*3-6H2,1-2H3;4*1H4;;/q;-1;;-1;;;;;;;2*+1. The number of hydrogen-bond acceptors (Lipinski definition) is 2. The molecule has 0 amide bonds. The van der Waals surface area contributed by atoms with Crippen molar-refractivity contribution >= 4 is 162 Å². The average molecular weight is 1500 g/mol. The Morgan fingerprint density at radius 1 is 0.322 bits per heavy atom. The predicted molar refractivity (Wildman–Crippen MR) is 423 cm³/mol. The number of nitrogens with zero attached hydrogens (tertiary/aromatic N) is 2. The van der Waals surface area contributed by atoms with Crippen LogP contribution in [-0.4, -0.2) is 0 Å². The molecule has 0 bridgehead atoms. The minimum Gasteiger partial charge on any atom is -0.657 e. The van der Waals surface area contributed by atoms with Gasteiger partial charge in [0, 0.05) is 34.6 Å². The van der Waals surface area contributed by atoms with E-state index in [1.54, 1.807) is 0 Å². The van der Waals surface area contributed by atoms with Crippen molar-refractivity contribution in [2.24, 2.45) is 0 Å². The fraction of sp³-hybridized carbons (Fsp3) is 0.221. The Morgan fingerprint density at radius 3 is 1.01 bits per heavy atom. The molecule has 0 radical (unpaired) electrons. The fourth-order valence-corrected chi connectivity index (χ4v) is 12.5. The number of rotatable bonds is 17. The van der Waals surface area contributed by atoms with Gasteiger partial charge in [-0.2, -0.15) is 0 Å². The Labute approximate surface area is 609 Å². The molecule has 0 spiro atoms. The van der Waals surface area contributed by atoms with E-state index in [0.717, 1.165) is 74.0 Å². The number of anilines is 4. The van der Waals surface area contributed by atoms with Crippen molar-refractivity contribution in [1.29, 1.82) is 0 Å². The van der Waals surface area contributed by atoms with Crippen LogP contribution in [0.1, 0.15) is 114 Å². The van der Waals surface area contributed by atoms with Gasteiger partial charge in [-0.1, -0.05) is 352 Å². The van der Waals surface area contributed by atoms with Gasteiger partial charge in [0.05, 0.1) is 11.4 Å². The van der Waals surface area contributed by atoms with E-state index in [4.69, 9.17) is 0 Å². The molecule has 10 aromatic rings. The first-order valence-electron chi connectivity index (χ1n) is 28.7. The summed E-state index contributed by atoms with van der Waals surface area (Å²) in [4.78, 5) is 0. The van der Waals surface area contributed by atoms with Crippen molar-refractivity contribution < 1.29 is 37.7 Å². The fourth-order valence-electron chi connectivity index (χ4n) is 8.00. The molecule has 0 heterocycles. The molecule has 13 heteroatoms. The molecular weight excluding hydrogens is 1410 g/mol. The van der Waals surface area contributed by atoms with Gasteiger partial charge in [-0.05, 0) is 116 Å². The SMILES string of the molecule is Brc1ccccc1Nc1ccccc1Br.C.C.C.C.CCCCCC.CCCCCC.Cc1ccccc1[N-]c1ccccc1Br.Pc1ccccc1Nc1ccccc1P(c1ccccc1)c1ccccc1.Pc1ccccc1[N-]c1ccccc1Br.[Li+].[Li+]. The summed E-state index contributed by atoms with van der Waals surface area (Å²) in [6, 6.07) is 86.7. The Balaban J connectivity index is 0. The van der Waals surface area contributed by atoms with Crippen molar-refractivity contribution in [2.75, 3.05) is 10.6 Å². The number of para-hydroxylation sites is 8. The van der Waals surface area contributed by atoms with Crippen molar-refractivity contribution in [3.63, 3.8) is 0 Å². The van der Waals surface area contributed by atoms with Gasteiger partial charge in [-0.3, -0.25) is 0 Å². The largest absolute Gasteiger partial charge is 1.00 e. The van der Waals surface area contributed by atoms with E-state index in [1.807, 2.05) is 140 Å². The second-order valence-electron chi connectivity index (χ2n) is 19.2. The van der Waals surface area contributed by atoms with Crippen LogP contribution in [-0.2, 0) is 0 Å². The number of halogens is 4. The second-order valence-corrected chi connectivity index (χ2v) is 26.1. The third-order valence-corrected chi connectivity index (χ3v) is 18.8. The third kappa shape index (κ3) is 32.1. The zero-order chi connectivity index (χ0) is 60.2. The molecule has 2 N–H and O–H groups in total. The predicted octanol–water partition coefficient (Wildman–Crippen LogP) is 20.8. The van der Waals surface area contributed by atoms with E-state index in [0.29, 0.717) is 0 Å². The molecule has 0 aliphatic heterocycles. The molecule has 90 heavy (non-hydrogen) atoms. The zero-order valence-electron chi connectivity index (χ0n) is 50.9. The molecule has 468 valence electrons. The molecule has 0 aromatic heterocycles. The van der Waals surface area contributed by atoms with Crippen LogP contribution in [0.25, 0.3) is 10.6 Å². The van der Waals surface area contributed by atoms with Gasteiger partial charge < -0.3 is 21.3 Å². The van der Waals surface area contributed by atoms with Crippen LogP contribution in [0.4, 0.5) is 45.5 Å². The Hall–Kier alpha value is -4.20. The van der Waals surface area contributed by atoms with Crippen molar-refractivity contribution in [1.82, 2.24) is 0 Å². The number of benzene rings is 10. The van der Waals surface area contributed by atoms with E-state index < -0.39 is 7.92 Å². The van der Waals surface area contributed by atoms with E-state index in [2.05, 4.69) is 253 Å². The van der Waals surface area contributed by atoms with E-state index >= 15 is 0 Å². The topological polar surface area (TPSA) is 52.3 Å². The summed E-state index contributed by atoms with van der Waals surface area (Å²) in [5, 5.41) is 22.5. The Kier molecular flexibility index (Phi) is 51.0. The quantitative estimate of drug-likeness (QED) is 0.0542. The van der Waals surface area contributed by atoms with Crippen LogP contribution in [0.3, 0.4) is 0 Å². The van der Waals surface area contributed by atoms with E-state index in [-0.39, 0.29) is 67.4 Å². The number of unbranched alkanes of at least 4 members (excludes halogenated alkanes) is 6. The van der Waals surface area contributed by atoms with Crippen LogP contribution in [0.5, 0.6) is 0 Å². The molecule has 0 aliphatic rings. The van der Waals surface area contributed by atoms with Crippen LogP contribution >= 0.6 is 90.1 Å². The minimum absolute atomic E-state index is 0. The number of nitrogens with one attached hydrogen (secondary N) is 2. The van der Waals surface area contributed by atoms with Gasteiger partial charge in [0.25, 0.3) is 0 Å². The van der Waals surface area contributed by atoms with Gasteiger partial charge in [-0.15, -0.1) is 41.2 Å². The molecular formula is C77H95Br4Li2N4P3. The summed E-state index contributed by atoms with van der Waals surface area (Å²) in [5.41, 5.74) is 9.50. The molecule has 10 rings (SSSR count). The van der Waals surface area contributed by atoms with Gasteiger partial charge in [0.2, 0.25) is 0 Å². The summed E-state index contributed by atoms with van der Waals surface area (Å²) in [7, 11) is 4.86. The monoisotopic (exact) mass is 1500 g/mol. The van der Waals surface area contributed by atoms with Crippen LogP contribution < -0.4 is 74.9 Å². The third-order valence-electron chi connectivity index (χ3n) is 12.6. The molecule has 0 saturated carbocycles. The van der Waals surface area contributed by atoms with E-state index in [1.165, 1.54) is 72.8 Å². The van der Waals surface area contributed by atoms with Gasteiger partial charge in [0.1, 0.15) is 0 Å². The smallest absolute Gasteiger partial charge is 0.657 e. The van der Waals surface area contributed by atoms with Crippen molar-refractivity contribution in [3.8, 4) is 0 Å². The first kappa shape index (κ1) is 87.9. The molecule has 0 fully saturated rings. The van der Waals surface area contributed by atoms with Crippen LogP contribution in [0, 0.1) is 6.92 Å². The molecule has 0 aliphatic carbocycles. The van der Waals surface area contributed by atoms with Gasteiger partial charge in [0.15, 0.2) is 0 Å². The maximum absolute atomic E-state index is 4.59. The molecule has 2 unspecified atom stereocenters. The molecule has 4 nitrogen and oxygen atoms in total. The van der Waals surface area contributed by atoms with Gasteiger partial charge >= 0.3 is 37.7 Å². The average Bonchev–Trinajstić information content (AvgIpc) is 1.20. The van der Waals surface area contributed by atoms with Gasteiger partial charge in [-0.25, -0.2) is 0 Å². The zero-order valence-corrected chi connectivity index (χ0v) is 60.5. The molecule has 10 aromatic carbocycles. The van der Waals surface area contributed by atoms with E-state index in [9.17, 15) is 0 Å². The van der Waals surface area contributed by atoms with Crippen molar-refractivity contribution in [2.45, 2.75) is 116 Å². The second kappa shape index (κ2) is 52.2. The summed E-state index contributed by atoms with van der Waals surface area (Å²) in [5.74, 6) is 0. The molecule has 0 saturated heterocycles.